The van der Waals surface area contributed by atoms with E-state index in [2.05, 4.69) is 0 Å². The first-order chi connectivity index (χ1) is 5.20. The van der Waals surface area contributed by atoms with Crippen molar-refractivity contribution in [3.8, 4) is 0 Å². The molecule has 1 aliphatic heterocycles. The zero-order chi connectivity index (χ0) is 8.01. The van der Waals surface area contributed by atoms with Gasteiger partial charge in [-0.05, 0) is 19.8 Å². The molecular formula is C8H14N2O. The van der Waals surface area contributed by atoms with Crippen LogP contribution in [0.1, 0.15) is 26.2 Å². The van der Waals surface area contributed by atoms with Gasteiger partial charge in [-0.15, -0.1) is 0 Å². The van der Waals surface area contributed by atoms with Crippen molar-refractivity contribution in [1.82, 2.24) is 4.90 Å². The summed E-state index contributed by atoms with van der Waals surface area (Å²) in [6.07, 6.45) is 2.92. The lowest BCUT2D eigenvalue weighted by Crippen LogP contribution is -2.39. The number of carbonyl (C=O) groups is 1. The smallest absolute Gasteiger partial charge is 0.224 e. The summed E-state index contributed by atoms with van der Waals surface area (Å²) in [6, 6.07) is 0.879. The number of rotatable bonds is 1. The van der Waals surface area contributed by atoms with Gasteiger partial charge < -0.3 is 10.6 Å². The number of carbonyl (C=O) groups excluding carboxylic acids is 1. The number of hydrogen-bond acceptors (Lipinski definition) is 2. The van der Waals surface area contributed by atoms with Crippen LogP contribution in [-0.2, 0) is 4.79 Å². The third-order valence-corrected chi connectivity index (χ3v) is 2.70. The van der Waals surface area contributed by atoms with Crippen LogP contribution in [0.2, 0.25) is 0 Å². The average molecular weight is 154 g/mol. The molecule has 2 unspecified atom stereocenters. The second-order valence-electron chi connectivity index (χ2n) is 3.64. The van der Waals surface area contributed by atoms with E-state index in [1.165, 1.54) is 12.8 Å². The highest BCUT2D eigenvalue weighted by atomic mass is 16.2. The molecule has 0 bridgehead atoms. The largest absolute Gasteiger partial charge is 0.335 e. The molecule has 2 fully saturated rings. The summed E-state index contributed by atoms with van der Waals surface area (Å²) in [7, 11) is 0. The van der Waals surface area contributed by atoms with E-state index in [0.29, 0.717) is 12.5 Å². The van der Waals surface area contributed by atoms with Crippen molar-refractivity contribution in [3.63, 3.8) is 0 Å². The Morgan fingerprint density at radius 3 is 2.55 bits per heavy atom. The molecule has 2 N–H and O–H groups in total. The van der Waals surface area contributed by atoms with E-state index in [0.717, 1.165) is 0 Å². The minimum atomic E-state index is 0.0723. The summed E-state index contributed by atoms with van der Waals surface area (Å²) in [5.74, 6) is 0.257. The van der Waals surface area contributed by atoms with Gasteiger partial charge >= 0.3 is 0 Å². The maximum atomic E-state index is 11.3. The molecule has 0 radical (unpaired) electrons. The van der Waals surface area contributed by atoms with Crippen LogP contribution in [0, 0.1) is 0 Å². The number of amides is 1. The Balaban J connectivity index is 2.11. The predicted octanol–water partition coefficient (Wildman–Crippen LogP) is 0.0969. The van der Waals surface area contributed by atoms with Gasteiger partial charge in [0.1, 0.15) is 0 Å². The monoisotopic (exact) mass is 154 g/mol. The van der Waals surface area contributed by atoms with E-state index >= 15 is 0 Å². The van der Waals surface area contributed by atoms with E-state index in [9.17, 15) is 4.79 Å². The van der Waals surface area contributed by atoms with Gasteiger partial charge in [0.2, 0.25) is 5.91 Å². The zero-order valence-corrected chi connectivity index (χ0v) is 6.79. The van der Waals surface area contributed by atoms with Gasteiger partial charge in [-0.1, -0.05) is 0 Å². The summed E-state index contributed by atoms with van der Waals surface area (Å²) in [6.45, 7) is 2.05. The highest BCUT2D eigenvalue weighted by Gasteiger charge is 2.42. The first-order valence-electron chi connectivity index (χ1n) is 4.27. The SMILES string of the molecule is CC1C(N)CC(=O)N1C1CC1. The molecule has 1 saturated heterocycles. The van der Waals surface area contributed by atoms with Crippen molar-refractivity contribution in [2.75, 3.05) is 0 Å². The van der Waals surface area contributed by atoms with Gasteiger partial charge in [-0.2, -0.15) is 0 Å². The lowest BCUT2D eigenvalue weighted by atomic mass is 10.2. The average Bonchev–Trinajstić information content (AvgIpc) is 2.68. The van der Waals surface area contributed by atoms with Gasteiger partial charge in [0.15, 0.2) is 0 Å². The number of nitrogens with two attached hydrogens (primary N) is 1. The second-order valence-corrected chi connectivity index (χ2v) is 3.64. The molecular weight excluding hydrogens is 140 g/mol. The van der Waals surface area contributed by atoms with Crippen LogP contribution >= 0.6 is 0 Å². The molecule has 2 atom stereocenters. The van der Waals surface area contributed by atoms with Gasteiger partial charge in [-0.25, -0.2) is 0 Å². The molecule has 11 heavy (non-hydrogen) atoms. The fourth-order valence-electron chi connectivity index (χ4n) is 1.80. The Kier molecular flexibility index (Phi) is 1.42. The lowest BCUT2D eigenvalue weighted by Gasteiger charge is -2.22. The van der Waals surface area contributed by atoms with Gasteiger partial charge in [0.25, 0.3) is 0 Å². The van der Waals surface area contributed by atoms with E-state index in [-0.39, 0.29) is 18.0 Å². The molecule has 3 heteroatoms. The van der Waals surface area contributed by atoms with Crippen LogP contribution < -0.4 is 5.73 Å². The molecule has 0 aromatic carbocycles. The molecule has 1 saturated carbocycles. The fraction of sp³-hybridized carbons (Fsp3) is 0.875. The van der Waals surface area contributed by atoms with Crippen LogP contribution in [0.25, 0.3) is 0 Å². The zero-order valence-electron chi connectivity index (χ0n) is 6.79. The standard InChI is InChI=1S/C8H14N2O/c1-5-7(9)4-8(11)10(5)6-2-3-6/h5-7H,2-4,9H2,1H3. The normalized spacial score (nSPS) is 38.4. The highest BCUT2D eigenvalue weighted by Crippen LogP contribution is 2.33. The quantitative estimate of drug-likeness (QED) is 0.582. The molecule has 1 heterocycles. The molecule has 0 aromatic rings. The Morgan fingerprint density at radius 2 is 2.18 bits per heavy atom. The summed E-state index contributed by atoms with van der Waals surface area (Å²) in [5.41, 5.74) is 5.76. The summed E-state index contributed by atoms with van der Waals surface area (Å²) < 4.78 is 0. The first-order valence-corrected chi connectivity index (χ1v) is 4.27. The van der Waals surface area contributed by atoms with Crippen LogP contribution in [0.4, 0.5) is 0 Å². The summed E-state index contributed by atoms with van der Waals surface area (Å²) in [4.78, 5) is 13.3. The van der Waals surface area contributed by atoms with Crippen LogP contribution in [0.3, 0.4) is 0 Å². The third kappa shape index (κ3) is 1.03. The molecule has 2 rings (SSSR count). The Labute approximate surface area is 66.5 Å². The van der Waals surface area contributed by atoms with Crippen molar-refractivity contribution in [2.45, 2.75) is 44.3 Å². The number of likely N-dealkylation sites (tertiary alicyclic amines) is 1. The Bertz CT molecular complexity index is 189. The lowest BCUT2D eigenvalue weighted by molar-refractivity contribution is -0.129. The Hall–Kier alpha value is -0.570. The maximum absolute atomic E-state index is 11.3. The molecule has 62 valence electrons. The van der Waals surface area contributed by atoms with E-state index in [1.807, 2.05) is 11.8 Å². The molecule has 0 spiro atoms. The fourth-order valence-corrected chi connectivity index (χ4v) is 1.80. The van der Waals surface area contributed by atoms with E-state index < -0.39 is 0 Å². The van der Waals surface area contributed by atoms with Crippen LogP contribution in [0.5, 0.6) is 0 Å². The summed E-state index contributed by atoms with van der Waals surface area (Å²) >= 11 is 0. The Morgan fingerprint density at radius 1 is 1.55 bits per heavy atom. The second kappa shape index (κ2) is 2.21. The van der Waals surface area contributed by atoms with Gasteiger partial charge in [-0.3, -0.25) is 4.79 Å². The molecule has 1 amide bonds. The van der Waals surface area contributed by atoms with E-state index in [1.54, 1.807) is 0 Å². The number of nitrogens with zero attached hydrogens (tertiary/aromatic N) is 1. The van der Waals surface area contributed by atoms with Gasteiger partial charge in [0, 0.05) is 24.5 Å². The third-order valence-electron chi connectivity index (χ3n) is 2.70. The molecule has 3 nitrogen and oxygen atoms in total. The van der Waals surface area contributed by atoms with E-state index in [4.69, 9.17) is 5.73 Å². The molecule has 2 aliphatic rings. The predicted molar refractivity (Wildman–Crippen MR) is 41.9 cm³/mol. The highest BCUT2D eigenvalue weighted by molar-refractivity contribution is 5.80. The molecule has 0 aromatic heterocycles. The molecule has 1 aliphatic carbocycles. The number of hydrogen-bond donors (Lipinski definition) is 1. The van der Waals surface area contributed by atoms with Crippen molar-refractivity contribution < 1.29 is 4.79 Å². The van der Waals surface area contributed by atoms with Crippen LogP contribution in [0.15, 0.2) is 0 Å². The van der Waals surface area contributed by atoms with Crippen molar-refractivity contribution >= 4 is 5.91 Å². The van der Waals surface area contributed by atoms with Crippen molar-refractivity contribution in [1.29, 1.82) is 0 Å². The first kappa shape index (κ1) is 7.10. The topological polar surface area (TPSA) is 46.3 Å². The minimum absolute atomic E-state index is 0.0723. The van der Waals surface area contributed by atoms with Gasteiger partial charge in [0.05, 0.1) is 0 Å². The summed E-state index contributed by atoms with van der Waals surface area (Å²) in [5, 5.41) is 0. The minimum Gasteiger partial charge on any atom is -0.335 e. The van der Waals surface area contributed by atoms with Crippen molar-refractivity contribution in [2.24, 2.45) is 5.73 Å². The maximum Gasteiger partial charge on any atom is 0.224 e. The van der Waals surface area contributed by atoms with Crippen LogP contribution in [-0.4, -0.2) is 28.9 Å². The van der Waals surface area contributed by atoms with Crippen molar-refractivity contribution in [3.05, 3.63) is 0 Å².